The van der Waals surface area contributed by atoms with E-state index in [-0.39, 0.29) is 24.8 Å². The van der Waals surface area contributed by atoms with Crippen LogP contribution in [-0.2, 0) is 0 Å². The minimum Gasteiger partial charge on any atom is -0.310 e. The van der Waals surface area contributed by atoms with Crippen LogP contribution < -0.4 is 5.32 Å². The number of nitrogens with one attached hydrogen (secondary N) is 1. The van der Waals surface area contributed by atoms with E-state index in [0.717, 1.165) is 6.54 Å². The van der Waals surface area contributed by atoms with Crippen LogP contribution in [0.25, 0.3) is 0 Å². The van der Waals surface area contributed by atoms with Crippen molar-refractivity contribution < 1.29 is 0 Å². The molecule has 2 unspecified atom stereocenters. The molecule has 0 saturated heterocycles. The van der Waals surface area contributed by atoms with Crippen molar-refractivity contribution in [3.8, 4) is 0 Å². The van der Waals surface area contributed by atoms with Gasteiger partial charge in [0.2, 0.25) is 0 Å². The van der Waals surface area contributed by atoms with Crippen LogP contribution in [0.15, 0.2) is 41.9 Å². The summed E-state index contributed by atoms with van der Waals surface area (Å²) in [5.41, 5.74) is 3.00. The highest BCUT2D eigenvalue weighted by molar-refractivity contribution is 6.25. The Morgan fingerprint density at radius 3 is 2.38 bits per heavy atom. The smallest absolute Gasteiger partial charge is 0.0149 e. The molecule has 0 radical (unpaired) electrons. The van der Waals surface area contributed by atoms with Crippen molar-refractivity contribution in [2.24, 2.45) is 0 Å². The number of unbranched alkanes of at least 4 members (excludes halogenated alkanes) is 2. The van der Waals surface area contributed by atoms with Gasteiger partial charge in [0.25, 0.3) is 0 Å². The Kier molecular flexibility index (Phi) is 16.2. The highest BCUT2D eigenvalue weighted by Crippen LogP contribution is 2.22. The zero-order valence-electron chi connectivity index (χ0n) is 12.9. The fraction of sp³-hybridized carbons (Fsp3) is 0.529. The Labute approximate surface area is 147 Å². The van der Waals surface area contributed by atoms with Crippen molar-refractivity contribution in [1.29, 1.82) is 0 Å². The monoisotopic (exact) mass is 351 g/mol. The van der Waals surface area contributed by atoms with Gasteiger partial charge in [0.1, 0.15) is 0 Å². The Morgan fingerprint density at radius 2 is 1.81 bits per heavy atom. The first-order valence-corrected chi connectivity index (χ1v) is 7.76. The third-order valence-corrected chi connectivity index (χ3v) is 3.81. The van der Waals surface area contributed by atoms with Crippen LogP contribution in [0.5, 0.6) is 0 Å². The standard InChI is InChI=1S/C17H26ClN.2ClH/c1-3-4-6-12-17(19-14-9-13-18)15(2)16-10-7-5-8-11-16;;/h5,7-11,13,15,17,19H,3-4,6,12,14H2,1-2H3;2*1H. The number of benzene rings is 1. The molecule has 0 heterocycles. The molecule has 1 aromatic rings. The van der Waals surface area contributed by atoms with Gasteiger partial charge in [0.05, 0.1) is 0 Å². The van der Waals surface area contributed by atoms with Gasteiger partial charge in [-0.15, -0.1) is 24.8 Å². The van der Waals surface area contributed by atoms with Gasteiger partial charge in [0, 0.05) is 18.1 Å². The third kappa shape index (κ3) is 9.42. The molecule has 1 N–H and O–H groups in total. The Bertz CT molecular complexity index is 354. The molecule has 0 aliphatic heterocycles. The molecule has 0 fully saturated rings. The van der Waals surface area contributed by atoms with Gasteiger partial charge in [0.15, 0.2) is 0 Å². The maximum absolute atomic E-state index is 5.59. The van der Waals surface area contributed by atoms with E-state index in [1.54, 1.807) is 5.54 Å². The van der Waals surface area contributed by atoms with Gasteiger partial charge >= 0.3 is 0 Å². The maximum Gasteiger partial charge on any atom is 0.0149 e. The SMILES string of the molecule is CCCCCC(NCC=CCl)C(C)c1ccccc1.Cl.Cl. The first-order valence-electron chi connectivity index (χ1n) is 7.33. The second-order valence-corrected chi connectivity index (χ2v) is 5.32. The maximum atomic E-state index is 5.59. The van der Waals surface area contributed by atoms with Gasteiger partial charge in [-0.1, -0.05) is 81.1 Å². The van der Waals surface area contributed by atoms with E-state index in [2.05, 4.69) is 49.5 Å². The topological polar surface area (TPSA) is 12.0 Å². The molecule has 0 amide bonds. The lowest BCUT2D eigenvalue weighted by Gasteiger charge is -2.25. The van der Waals surface area contributed by atoms with E-state index >= 15 is 0 Å². The molecule has 0 spiro atoms. The fourth-order valence-electron chi connectivity index (χ4n) is 2.40. The van der Waals surface area contributed by atoms with Crippen LogP contribution in [0.4, 0.5) is 0 Å². The van der Waals surface area contributed by atoms with Crippen LogP contribution in [0.2, 0.25) is 0 Å². The summed E-state index contributed by atoms with van der Waals surface area (Å²) in [6.07, 6.45) is 7.06. The normalized spacial score (nSPS) is 13.3. The average molecular weight is 353 g/mol. The van der Waals surface area contributed by atoms with Crippen LogP contribution in [0.1, 0.15) is 51.0 Å². The van der Waals surface area contributed by atoms with Crippen LogP contribution in [0.3, 0.4) is 0 Å². The molecule has 21 heavy (non-hydrogen) atoms. The highest BCUT2D eigenvalue weighted by Gasteiger charge is 2.17. The second-order valence-electron chi connectivity index (χ2n) is 5.07. The van der Waals surface area contributed by atoms with Crippen molar-refractivity contribution in [3.63, 3.8) is 0 Å². The quantitative estimate of drug-likeness (QED) is 0.543. The van der Waals surface area contributed by atoms with Crippen LogP contribution >= 0.6 is 36.4 Å². The highest BCUT2D eigenvalue weighted by atomic mass is 35.5. The number of hydrogen-bond donors (Lipinski definition) is 1. The predicted octanol–water partition coefficient (Wildman–Crippen LogP) is 5.92. The summed E-state index contributed by atoms with van der Waals surface area (Å²) in [6, 6.07) is 11.3. The zero-order valence-corrected chi connectivity index (χ0v) is 15.3. The van der Waals surface area contributed by atoms with Gasteiger partial charge in [-0.25, -0.2) is 0 Å². The zero-order chi connectivity index (χ0) is 13.9. The van der Waals surface area contributed by atoms with Gasteiger partial charge < -0.3 is 5.32 Å². The largest absolute Gasteiger partial charge is 0.310 e. The molecule has 1 nitrogen and oxygen atoms in total. The number of rotatable bonds is 9. The number of hydrogen-bond acceptors (Lipinski definition) is 1. The Balaban J connectivity index is 0. The van der Waals surface area contributed by atoms with E-state index in [1.165, 1.54) is 31.2 Å². The molecule has 0 aliphatic rings. The Hall–Kier alpha value is -0.210. The summed E-state index contributed by atoms with van der Waals surface area (Å²) in [5, 5.41) is 3.61. The van der Waals surface area contributed by atoms with Crippen LogP contribution in [0, 0.1) is 0 Å². The first kappa shape index (κ1) is 23.1. The summed E-state index contributed by atoms with van der Waals surface area (Å²) >= 11 is 5.59. The lowest BCUT2D eigenvalue weighted by molar-refractivity contribution is 0.423. The van der Waals surface area contributed by atoms with Crippen molar-refractivity contribution in [3.05, 3.63) is 47.5 Å². The lowest BCUT2D eigenvalue weighted by atomic mass is 9.90. The van der Waals surface area contributed by atoms with E-state index in [9.17, 15) is 0 Å². The van der Waals surface area contributed by atoms with Gasteiger partial charge in [-0.3, -0.25) is 0 Å². The van der Waals surface area contributed by atoms with E-state index in [0.29, 0.717) is 12.0 Å². The minimum atomic E-state index is 0. The molecule has 0 saturated carbocycles. The molecule has 0 aliphatic carbocycles. The van der Waals surface area contributed by atoms with Crippen molar-refractivity contribution in [1.82, 2.24) is 5.32 Å². The van der Waals surface area contributed by atoms with Crippen molar-refractivity contribution in [2.45, 2.75) is 51.5 Å². The fourth-order valence-corrected chi connectivity index (χ4v) is 2.49. The summed E-state index contributed by atoms with van der Waals surface area (Å²) in [6.45, 7) is 5.40. The first-order chi connectivity index (χ1) is 9.29. The van der Waals surface area contributed by atoms with E-state index < -0.39 is 0 Å². The molecule has 0 aromatic heterocycles. The molecular weight excluding hydrogens is 325 g/mol. The second kappa shape index (κ2) is 14.7. The Morgan fingerprint density at radius 1 is 1.14 bits per heavy atom. The lowest BCUT2D eigenvalue weighted by Crippen LogP contribution is -2.34. The van der Waals surface area contributed by atoms with Gasteiger partial charge in [-0.2, -0.15) is 0 Å². The van der Waals surface area contributed by atoms with Crippen LogP contribution in [-0.4, -0.2) is 12.6 Å². The van der Waals surface area contributed by atoms with Gasteiger partial charge in [-0.05, 0) is 17.9 Å². The minimum absolute atomic E-state index is 0. The molecule has 0 bridgehead atoms. The van der Waals surface area contributed by atoms with E-state index in [4.69, 9.17) is 11.6 Å². The summed E-state index contributed by atoms with van der Waals surface area (Å²) < 4.78 is 0. The summed E-state index contributed by atoms with van der Waals surface area (Å²) in [5.74, 6) is 0.529. The predicted molar refractivity (Wildman–Crippen MR) is 100 cm³/mol. The molecule has 1 aromatic carbocycles. The summed E-state index contributed by atoms with van der Waals surface area (Å²) in [4.78, 5) is 0. The average Bonchev–Trinajstić information content (AvgIpc) is 2.46. The third-order valence-electron chi connectivity index (χ3n) is 3.63. The molecule has 122 valence electrons. The van der Waals surface area contributed by atoms with Crippen molar-refractivity contribution >= 4 is 36.4 Å². The molecule has 2 atom stereocenters. The van der Waals surface area contributed by atoms with E-state index in [1.807, 2.05) is 6.08 Å². The summed E-state index contributed by atoms with van der Waals surface area (Å²) in [7, 11) is 0. The molecule has 4 heteroatoms. The number of halogens is 3. The molecular formula is C17H28Cl3N. The molecule has 1 rings (SSSR count). The van der Waals surface area contributed by atoms with Crippen molar-refractivity contribution in [2.75, 3.05) is 6.54 Å².